The SMILES string of the molecule is Cc1nc2ccc(NC(=O)c3nc[nH]c3C(=O)O)cc2s1. The van der Waals surface area contributed by atoms with E-state index in [4.69, 9.17) is 5.11 Å². The van der Waals surface area contributed by atoms with Gasteiger partial charge in [0.05, 0.1) is 21.6 Å². The van der Waals surface area contributed by atoms with Gasteiger partial charge in [0.25, 0.3) is 5.91 Å². The number of rotatable bonds is 3. The Kier molecular flexibility index (Phi) is 3.15. The number of carboxylic acid groups (broad SMARTS) is 1. The first kappa shape index (κ1) is 13.3. The van der Waals surface area contributed by atoms with Crippen LogP contribution >= 0.6 is 11.3 Å². The normalized spacial score (nSPS) is 10.7. The number of fused-ring (bicyclic) bond motifs is 1. The Labute approximate surface area is 122 Å². The maximum absolute atomic E-state index is 12.1. The summed E-state index contributed by atoms with van der Waals surface area (Å²) in [5.41, 5.74) is 1.04. The molecule has 0 bridgehead atoms. The fraction of sp³-hybridized carbons (Fsp3) is 0.0769. The van der Waals surface area contributed by atoms with Gasteiger partial charge in [-0.2, -0.15) is 0 Å². The van der Waals surface area contributed by atoms with E-state index in [9.17, 15) is 9.59 Å². The zero-order valence-electron chi connectivity index (χ0n) is 10.9. The van der Waals surface area contributed by atoms with Gasteiger partial charge in [0.1, 0.15) is 0 Å². The van der Waals surface area contributed by atoms with Crippen molar-refractivity contribution in [3.05, 3.63) is 40.9 Å². The summed E-state index contributed by atoms with van der Waals surface area (Å²) >= 11 is 1.52. The zero-order chi connectivity index (χ0) is 15.0. The van der Waals surface area contributed by atoms with Crippen LogP contribution in [-0.2, 0) is 0 Å². The highest BCUT2D eigenvalue weighted by atomic mass is 32.1. The van der Waals surface area contributed by atoms with E-state index in [1.807, 2.05) is 6.92 Å². The fourth-order valence-electron chi connectivity index (χ4n) is 1.94. The Morgan fingerprint density at radius 2 is 2.19 bits per heavy atom. The van der Waals surface area contributed by atoms with Gasteiger partial charge in [-0.1, -0.05) is 0 Å². The van der Waals surface area contributed by atoms with E-state index in [0.717, 1.165) is 15.2 Å². The third-order valence-electron chi connectivity index (χ3n) is 2.82. The number of thiazole rings is 1. The van der Waals surface area contributed by atoms with E-state index in [1.54, 1.807) is 18.2 Å². The van der Waals surface area contributed by atoms with E-state index >= 15 is 0 Å². The molecule has 7 nitrogen and oxygen atoms in total. The van der Waals surface area contributed by atoms with Crippen molar-refractivity contribution in [2.45, 2.75) is 6.92 Å². The molecule has 1 amide bonds. The standard InChI is InChI=1S/C13H10N4O3S/c1-6-16-8-3-2-7(4-9(8)21-6)17-12(18)10-11(13(19)20)15-5-14-10/h2-5H,1H3,(H,14,15)(H,17,18)(H,19,20). The first-order valence-corrected chi connectivity index (χ1v) is 6.81. The van der Waals surface area contributed by atoms with Gasteiger partial charge >= 0.3 is 5.97 Å². The Bertz CT molecular complexity index is 852. The molecule has 1 aromatic carbocycles. The lowest BCUT2D eigenvalue weighted by atomic mass is 10.2. The summed E-state index contributed by atoms with van der Waals surface area (Å²) in [4.78, 5) is 33.5. The number of carbonyl (C=O) groups is 2. The lowest BCUT2D eigenvalue weighted by Gasteiger charge is -2.03. The molecule has 3 aromatic rings. The van der Waals surface area contributed by atoms with Gasteiger partial charge < -0.3 is 15.4 Å². The molecular weight excluding hydrogens is 292 g/mol. The molecule has 0 unspecified atom stereocenters. The Morgan fingerprint density at radius 1 is 1.38 bits per heavy atom. The monoisotopic (exact) mass is 302 g/mol. The van der Waals surface area contributed by atoms with Gasteiger partial charge in [0.15, 0.2) is 11.4 Å². The molecule has 0 aliphatic heterocycles. The van der Waals surface area contributed by atoms with E-state index in [0.29, 0.717) is 5.69 Å². The Balaban J connectivity index is 1.88. The first-order valence-electron chi connectivity index (χ1n) is 6.00. The summed E-state index contributed by atoms with van der Waals surface area (Å²) in [6.45, 7) is 1.91. The third kappa shape index (κ3) is 2.48. The number of nitrogens with zero attached hydrogens (tertiary/aromatic N) is 2. The van der Waals surface area contributed by atoms with E-state index in [1.165, 1.54) is 17.7 Å². The Hall–Kier alpha value is -2.74. The molecule has 8 heteroatoms. The minimum Gasteiger partial charge on any atom is -0.477 e. The number of hydrogen-bond acceptors (Lipinski definition) is 5. The molecule has 0 aliphatic rings. The van der Waals surface area contributed by atoms with Crippen LogP contribution in [0.5, 0.6) is 0 Å². The summed E-state index contributed by atoms with van der Waals surface area (Å²) in [5, 5.41) is 12.5. The van der Waals surface area contributed by atoms with Crippen molar-refractivity contribution in [2.75, 3.05) is 5.32 Å². The van der Waals surface area contributed by atoms with Gasteiger partial charge in [-0.05, 0) is 25.1 Å². The quantitative estimate of drug-likeness (QED) is 0.688. The number of H-pyrrole nitrogens is 1. The summed E-state index contributed by atoms with van der Waals surface area (Å²) < 4.78 is 0.950. The zero-order valence-corrected chi connectivity index (χ0v) is 11.7. The van der Waals surface area contributed by atoms with Crippen molar-refractivity contribution in [1.82, 2.24) is 15.0 Å². The molecular formula is C13H10N4O3S. The number of aromatic carboxylic acids is 1. The molecule has 0 fully saturated rings. The van der Waals surface area contributed by atoms with Gasteiger partial charge in [0, 0.05) is 5.69 Å². The van der Waals surface area contributed by atoms with Crippen LogP contribution in [0.25, 0.3) is 10.2 Å². The molecule has 0 saturated heterocycles. The predicted octanol–water partition coefficient (Wildman–Crippen LogP) is 2.28. The highest BCUT2D eigenvalue weighted by molar-refractivity contribution is 7.18. The second kappa shape index (κ2) is 4.98. The maximum atomic E-state index is 12.1. The third-order valence-corrected chi connectivity index (χ3v) is 3.76. The van der Waals surface area contributed by atoms with Crippen molar-refractivity contribution < 1.29 is 14.7 Å². The van der Waals surface area contributed by atoms with Crippen LogP contribution in [0.15, 0.2) is 24.5 Å². The van der Waals surface area contributed by atoms with Crippen molar-refractivity contribution >= 4 is 39.1 Å². The molecule has 0 spiro atoms. The molecule has 3 rings (SSSR count). The van der Waals surface area contributed by atoms with Gasteiger partial charge in [-0.15, -0.1) is 11.3 Å². The molecule has 2 aromatic heterocycles. The van der Waals surface area contributed by atoms with Crippen LogP contribution in [0, 0.1) is 6.92 Å². The smallest absolute Gasteiger partial charge is 0.354 e. The second-order valence-electron chi connectivity index (χ2n) is 4.30. The number of aryl methyl sites for hydroxylation is 1. The van der Waals surface area contributed by atoms with E-state index in [2.05, 4.69) is 20.3 Å². The van der Waals surface area contributed by atoms with E-state index in [-0.39, 0.29) is 11.4 Å². The second-order valence-corrected chi connectivity index (χ2v) is 5.54. The molecule has 0 radical (unpaired) electrons. The molecule has 0 aliphatic carbocycles. The number of amides is 1. The number of anilines is 1. The van der Waals surface area contributed by atoms with Crippen LogP contribution in [0.1, 0.15) is 26.0 Å². The Morgan fingerprint density at radius 3 is 2.95 bits per heavy atom. The van der Waals surface area contributed by atoms with Crippen molar-refractivity contribution in [2.24, 2.45) is 0 Å². The lowest BCUT2D eigenvalue weighted by molar-refractivity contribution is 0.0686. The number of imidazole rings is 1. The van der Waals surface area contributed by atoms with Crippen LogP contribution in [0.2, 0.25) is 0 Å². The highest BCUT2D eigenvalue weighted by Crippen LogP contribution is 2.25. The van der Waals surface area contributed by atoms with Gasteiger partial charge in [-0.25, -0.2) is 14.8 Å². The number of aromatic nitrogens is 3. The number of nitrogens with one attached hydrogen (secondary N) is 2. The minimum absolute atomic E-state index is 0.150. The summed E-state index contributed by atoms with van der Waals surface area (Å²) in [6, 6.07) is 5.31. The molecule has 106 valence electrons. The molecule has 0 saturated carbocycles. The molecule has 21 heavy (non-hydrogen) atoms. The largest absolute Gasteiger partial charge is 0.477 e. The molecule has 3 N–H and O–H groups in total. The molecule has 0 atom stereocenters. The van der Waals surface area contributed by atoms with E-state index < -0.39 is 11.9 Å². The number of carbonyl (C=O) groups excluding carboxylic acids is 1. The number of benzene rings is 1. The summed E-state index contributed by atoms with van der Waals surface area (Å²) in [7, 11) is 0. The van der Waals surface area contributed by atoms with Crippen LogP contribution in [0.4, 0.5) is 5.69 Å². The number of carboxylic acids is 1. The van der Waals surface area contributed by atoms with Crippen molar-refractivity contribution in [3.8, 4) is 0 Å². The van der Waals surface area contributed by atoms with Crippen LogP contribution in [-0.4, -0.2) is 31.9 Å². The predicted molar refractivity (Wildman–Crippen MR) is 77.9 cm³/mol. The van der Waals surface area contributed by atoms with Crippen LogP contribution in [0.3, 0.4) is 0 Å². The minimum atomic E-state index is -1.23. The average molecular weight is 302 g/mol. The average Bonchev–Trinajstić information content (AvgIpc) is 3.03. The summed E-state index contributed by atoms with van der Waals surface area (Å²) in [5.74, 6) is -1.81. The topological polar surface area (TPSA) is 108 Å². The number of hydrogen-bond donors (Lipinski definition) is 3. The molecule has 2 heterocycles. The van der Waals surface area contributed by atoms with Crippen molar-refractivity contribution in [3.63, 3.8) is 0 Å². The lowest BCUT2D eigenvalue weighted by Crippen LogP contribution is -2.16. The van der Waals surface area contributed by atoms with Crippen LogP contribution < -0.4 is 5.32 Å². The fourth-order valence-corrected chi connectivity index (χ4v) is 2.80. The van der Waals surface area contributed by atoms with Gasteiger partial charge in [-0.3, -0.25) is 4.79 Å². The number of aromatic amines is 1. The first-order chi connectivity index (χ1) is 10.0. The van der Waals surface area contributed by atoms with Crippen molar-refractivity contribution in [1.29, 1.82) is 0 Å². The maximum Gasteiger partial charge on any atom is 0.354 e. The highest BCUT2D eigenvalue weighted by Gasteiger charge is 2.19. The van der Waals surface area contributed by atoms with Gasteiger partial charge in [0.2, 0.25) is 0 Å². The summed E-state index contributed by atoms with van der Waals surface area (Å²) in [6.07, 6.45) is 1.17.